The molecule has 7 nitrogen and oxygen atoms in total. The van der Waals surface area contributed by atoms with Crippen molar-refractivity contribution >= 4 is 45.2 Å². The molecule has 0 amide bonds. The second kappa shape index (κ2) is 9.61. The van der Waals surface area contributed by atoms with Crippen LogP contribution in [0.2, 0.25) is 5.02 Å². The molecule has 2 atom stereocenters. The molecule has 2 N–H and O–H groups in total. The van der Waals surface area contributed by atoms with Crippen LogP contribution in [-0.4, -0.2) is 68.8 Å². The standard InChI is InChI=1S/C32H32ClFN6O/c33-25-5-1-4-19-14-22(41)15-23(27(19)25)29-28(34)30-24(16-35-29)31(39-17-20-6-7-21(18-39)36-20)38-26(37-30)8-11-32-9-2-12-40(32)13-3-10-32/h1,4-5,8,11,14-16,20-21,36,41H,2-3,6-7,9-10,12-13,17-18H2/b11-8+/t20-,21+. The quantitative estimate of drug-likeness (QED) is 0.315. The van der Waals surface area contributed by atoms with Crippen LogP contribution in [0.1, 0.15) is 44.3 Å². The lowest BCUT2D eigenvalue weighted by Gasteiger charge is -2.34. The average molecular weight is 571 g/mol. The van der Waals surface area contributed by atoms with Gasteiger partial charge < -0.3 is 15.3 Å². The van der Waals surface area contributed by atoms with Crippen molar-refractivity contribution in [3.05, 3.63) is 59.3 Å². The van der Waals surface area contributed by atoms with E-state index in [0.29, 0.717) is 44.7 Å². The Kier molecular flexibility index (Phi) is 5.95. The summed E-state index contributed by atoms with van der Waals surface area (Å²) in [5, 5.41) is 16.6. The molecular weight excluding hydrogens is 539 g/mol. The van der Waals surface area contributed by atoms with Gasteiger partial charge in [0.2, 0.25) is 0 Å². The summed E-state index contributed by atoms with van der Waals surface area (Å²) in [6, 6.07) is 9.38. The minimum atomic E-state index is -0.535. The second-order valence-electron chi connectivity index (χ2n) is 12.1. The number of nitrogens with one attached hydrogen (secondary N) is 1. The lowest BCUT2D eigenvalue weighted by molar-refractivity contribution is 0.251. The first-order valence-corrected chi connectivity index (χ1v) is 15.1. The van der Waals surface area contributed by atoms with Gasteiger partial charge in [0.15, 0.2) is 11.6 Å². The van der Waals surface area contributed by atoms with E-state index in [1.165, 1.54) is 18.9 Å². The Hall–Kier alpha value is -3.33. The Labute approximate surface area is 243 Å². The van der Waals surface area contributed by atoms with Gasteiger partial charge in [-0.3, -0.25) is 9.88 Å². The number of pyridine rings is 1. The van der Waals surface area contributed by atoms with Gasteiger partial charge in [0.05, 0.1) is 5.39 Å². The molecule has 0 unspecified atom stereocenters. The Bertz CT molecular complexity index is 1700. The molecule has 2 aromatic heterocycles. The van der Waals surface area contributed by atoms with Crippen LogP contribution in [0.5, 0.6) is 5.75 Å². The molecule has 0 aliphatic carbocycles. The Balaban J connectivity index is 1.31. The SMILES string of the molecule is Oc1cc(-c2ncc3c(N4C[C@H]5CC[C@@H](C4)N5)nc(/C=C/C45CCCN4CCC5)nc3c2F)c2c(Cl)cccc2c1. The summed E-state index contributed by atoms with van der Waals surface area (Å²) in [7, 11) is 0. The smallest absolute Gasteiger partial charge is 0.175 e. The Morgan fingerprint density at radius 1 is 1.07 bits per heavy atom. The van der Waals surface area contributed by atoms with Gasteiger partial charge in [-0.25, -0.2) is 14.4 Å². The van der Waals surface area contributed by atoms with E-state index in [2.05, 4.69) is 26.2 Å². The second-order valence-corrected chi connectivity index (χ2v) is 12.5. The van der Waals surface area contributed by atoms with Crippen molar-refractivity contribution in [3.63, 3.8) is 0 Å². The monoisotopic (exact) mass is 570 g/mol. The molecule has 4 aliphatic heterocycles. The molecule has 0 saturated carbocycles. The maximum absolute atomic E-state index is 16.7. The number of piperazine rings is 1. The van der Waals surface area contributed by atoms with Crippen molar-refractivity contribution < 1.29 is 9.50 Å². The highest BCUT2D eigenvalue weighted by Crippen LogP contribution is 2.41. The van der Waals surface area contributed by atoms with Crippen LogP contribution in [0.4, 0.5) is 10.2 Å². The fraction of sp³-hybridized carbons (Fsp3) is 0.406. The summed E-state index contributed by atoms with van der Waals surface area (Å²) in [4.78, 5) is 19.3. The number of fused-ring (bicyclic) bond motifs is 5. The Morgan fingerprint density at radius 2 is 1.85 bits per heavy atom. The maximum Gasteiger partial charge on any atom is 0.175 e. The minimum Gasteiger partial charge on any atom is -0.508 e. The molecule has 210 valence electrons. The summed E-state index contributed by atoms with van der Waals surface area (Å²) < 4.78 is 16.7. The number of aromatic hydroxyl groups is 1. The van der Waals surface area contributed by atoms with E-state index in [9.17, 15) is 5.11 Å². The van der Waals surface area contributed by atoms with Crippen molar-refractivity contribution in [1.29, 1.82) is 0 Å². The zero-order chi connectivity index (χ0) is 27.7. The number of rotatable bonds is 4. The third kappa shape index (κ3) is 4.18. The summed E-state index contributed by atoms with van der Waals surface area (Å²) in [5.74, 6) is 0.738. The molecule has 8 rings (SSSR count). The lowest BCUT2D eigenvalue weighted by atomic mass is 9.93. The third-order valence-electron chi connectivity index (χ3n) is 9.61. The topological polar surface area (TPSA) is 77.4 Å². The predicted molar refractivity (Wildman–Crippen MR) is 161 cm³/mol. The van der Waals surface area contributed by atoms with Crippen LogP contribution in [0.15, 0.2) is 42.6 Å². The van der Waals surface area contributed by atoms with Gasteiger partial charge in [-0.15, -0.1) is 0 Å². The summed E-state index contributed by atoms with van der Waals surface area (Å²) in [6.07, 6.45) is 12.9. The van der Waals surface area contributed by atoms with E-state index < -0.39 is 5.82 Å². The molecule has 0 radical (unpaired) electrons. The third-order valence-corrected chi connectivity index (χ3v) is 9.93. The molecule has 6 heterocycles. The number of nitrogens with zero attached hydrogens (tertiary/aromatic N) is 5. The Morgan fingerprint density at radius 3 is 2.63 bits per heavy atom. The number of anilines is 1. The number of benzene rings is 2. The molecule has 4 aromatic rings. The number of phenols is 1. The van der Waals surface area contributed by atoms with E-state index in [4.69, 9.17) is 21.6 Å². The van der Waals surface area contributed by atoms with Gasteiger partial charge in [-0.05, 0) is 81.3 Å². The molecule has 4 saturated heterocycles. The zero-order valence-electron chi connectivity index (χ0n) is 22.8. The van der Waals surface area contributed by atoms with Gasteiger partial charge in [-0.2, -0.15) is 0 Å². The normalized spacial score (nSPS) is 23.8. The largest absolute Gasteiger partial charge is 0.508 e. The van der Waals surface area contributed by atoms with Crippen LogP contribution in [0, 0.1) is 5.82 Å². The van der Waals surface area contributed by atoms with Gasteiger partial charge in [0.1, 0.15) is 22.8 Å². The number of phenolic OH excluding ortho intramolecular Hbond substituents is 1. The van der Waals surface area contributed by atoms with Crippen LogP contribution >= 0.6 is 11.6 Å². The molecule has 41 heavy (non-hydrogen) atoms. The summed E-state index contributed by atoms with van der Waals surface area (Å²) in [5.41, 5.74) is 0.851. The van der Waals surface area contributed by atoms with E-state index >= 15 is 4.39 Å². The first-order chi connectivity index (χ1) is 20.0. The van der Waals surface area contributed by atoms with Crippen LogP contribution in [0.25, 0.3) is 39.0 Å². The predicted octanol–water partition coefficient (Wildman–Crippen LogP) is 5.93. The van der Waals surface area contributed by atoms with Crippen LogP contribution in [0.3, 0.4) is 0 Å². The van der Waals surface area contributed by atoms with E-state index in [1.807, 2.05) is 18.2 Å². The lowest BCUT2D eigenvalue weighted by Crippen LogP contribution is -2.51. The first-order valence-electron chi connectivity index (χ1n) is 14.7. The molecule has 2 aromatic carbocycles. The summed E-state index contributed by atoms with van der Waals surface area (Å²) >= 11 is 6.58. The first kappa shape index (κ1) is 25.4. The molecule has 0 spiro atoms. The van der Waals surface area contributed by atoms with Gasteiger partial charge in [-0.1, -0.05) is 29.8 Å². The van der Waals surface area contributed by atoms with Crippen LogP contribution in [-0.2, 0) is 0 Å². The maximum atomic E-state index is 16.7. The highest BCUT2D eigenvalue weighted by Gasteiger charge is 2.42. The van der Waals surface area contributed by atoms with Gasteiger partial charge in [0.25, 0.3) is 0 Å². The minimum absolute atomic E-state index is 0.0243. The average Bonchev–Trinajstić information content (AvgIpc) is 3.65. The van der Waals surface area contributed by atoms with E-state index in [1.54, 1.807) is 18.3 Å². The van der Waals surface area contributed by atoms with Crippen molar-refractivity contribution in [2.45, 2.75) is 56.1 Å². The van der Waals surface area contributed by atoms with Crippen LogP contribution < -0.4 is 10.2 Å². The van der Waals surface area contributed by atoms with Crippen molar-refractivity contribution in [1.82, 2.24) is 25.2 Å². The highest BCUT2D eigenvalue weighted by atomic mass is 35.5. The molecular formula is C32H32ClFN6O. The van der Waals surface area contributed by atoms with Gasteiger partial charge in [0, 0.05) is 52.9 Å². The molecule has 4 aliphatic rings. The fourth-order valence-electron chi connectivity index (χ4n) is 7.74. The number of hydrogen-bond acceptors (Lipinski definition) is 7. The van der Waals surface area contributed by atoms with Crippen molar-refractivity contribution in [3.8, 4) is 17.0 Å². The highest BCUT2D eigenvalue weighted by molar-refractivity contribution is 6.36. The number of halogens is 2. The molecule has 4 fully saturated rings. The number of hydrogen-bond donors (Lipinski definition) is 2. The van der Waals surface area contributed by atoms with E-state index in [-0.39, 0.29) is 22.5 Å². The molecule has 2 bridgehead atoms. The van der Waals surface area contributed by atoms with Crippen molar-refractivity contribution in [2.24, 2.45) is 0 Å². The zero-order valence-corrected chi connectivity index (χ0v) is 23.5. The summed E-state index contributed by atoms with van der Waals surface area (Å²) in [6.45, 7) is 3.89. The van der Waals surface area contributed by atoms with E-state index in [0.717, 1.165) is 57.7 Å². The fourth-order valence-corrected chi connectivity index (χ4v) is 8.02. The molecule has 9 heteroatoms. The number of aromatic nitrogens is 3. The van der Waals surface area contributed by atoms with Crippen molar-refractivity contribution in [2.75, 3.05) is 31.1 Å². The van der Waals surface area contributed by atoms with Gasteiger partial charge >= 0.3 is 0 Å².